The van der Waals surface area contributed by atoms with Crippen molar-refractivity contribution in [2.75, 3.05) is 5.75 Å². The molecule has 0 saturated heterocycles. The topological polar surface area (TPSA) is 35.8 Å². The second-order valence-corrected chi connectivity index (χ2v) is 5.22. The molecule has 3 heteroatoms. The molecule has 0 heterocycles. The Labute approximate surface area is 102 Å². The van der Waals surface area contributed by atoms with Crippen LogP contribution in [0.3, 0.4) is 0 Å². The average molecular weight is 234 g/mol. The molecule has 0 amide bonds. The van der Waals surface area contributed by atoms with Crippen molar-refractivity contribution in [3.63, 3.8) is 0 Å². The van der Waals surface area contributed by atoms with Gasteiger partial charge in [0.05, 0.1) is 6.07 Å². The molecule has 1 unspecified atom stereocenters. The Morgan fingerprint density at radius 2 is 2.19 bits per heavy atom. The standard InChI is InChI=1S/C13H18N2S/c1-10(2)15-12(8-14)9-16-13-6-4-5-11(3)7-13/h4-7,10,12,15H,9H2,1-3H3. The summed E-state index contributed by atoms with van der Waals surface area (Å²) in [5, 5.41) is 12.2. The summed E-state index contributed by atoms with van der Waals surface area (Å²) in [5.74, 6) is 0.790. The highest BCUT2D eigenvalue weighted by Gasteiger charge is 2.08. The predicted molar refractivity (Wildman–Crippen MR) is 69.6 cm³/mol. The number of nitrogens with one attached hydrogen (secondary N) is 1. The minimum atomic E-state index is -0.0782. The van der Waals surface area contributed by atoms with E-state index in [2.05, 4.69) is 56.4 Å². The third-order valence-electron chi connectivity index (χ3n) is 2.10. The fourth-order valence-electron chi connectivity index (χ4n) is 1.41. The number of thioether (sulfide) groups is 1. The van der Waals surface area contributed by atoms with Gasteiger partial charge in [0.25, 0.3) is 0 Å². The highest BCUT2D eigenvalue weighted by Crippen LogP contribution is 2.19. The van der Waals surface area contributed by atoms with Gasteiger partial charge in [0, 0.05) is 16.7 Å². The first-order valence-electron chi connectivity index (χ1n) is 5.47. The lowest BCUT2D eigenvalue weighted by atomic mass is 10.2. The molecule has 0 fully saturated rings. The zero-order chi connectivity index (χ0) is 12.0. The molecule has 1 atom stereocenters. The maximum atomic E-state index is 8.98. The van der Waals surface area contributed by atoms with Gasteiger partial charge in [-0.1, -0.05) is 17.7 Å². The number of hydrogen-bond acceptors (Lipinski definition) is 3. The molecule has 2 nitrogen and oxygen atoms in total. The van der Waals surface area contributed by atoms with Crippen molar-refractivity contribution in [1.82, 2.24) is 5.32 Å². The van der Waals surface area contributed by atoms with Gasteiger partial charge in [0.2, 0.25) is 0 Å². The van der Waals surface area contributed by atoms with E-state index in [1.54, 1.807) is 11.8 Å². The van der Waals surface area contributed by atoms with Crippen molar-refractivity contribution < 1.29 is 0 Å². The molecule has 86 valence electrons. The van der Waals surface area contributed by atoms with Gasteiger partial charge in [-0.15, -0.1) is 11.8 Å². The van der Waals surface area contributed by atoms with Gasteiger partial charge in [-0.25, -0.2) is 0 Å². The van der Waals surface area contributed by atoms with E-state index in [9.17, 15) is 0 Å². The van der Waals surface area contributed by atoms with E-state index in [1.165, 1.54) is 10.5 Å². The highest BCUT2D eigenvalue weighted by atomic mass is 32.2. The van der Waals surface area contributed by atoms with E-state index in [-0.39, 0.29) is 6.04 Å². The Kier molecular flexibility index (Phi) is 5.37. The van der Waals surface area contributed by atoms with Gasteiger partial charge in [-0.3, -0.25) is 5.32 Å². The zero-order valence-electron chi connectivity index (χ0n) is 10.0. The molecule has 0 aromatic heterocycles. The fourth-order valence-corrected chi connectivity index (χ4v) is 2.38. The molecule has 1 N–H and O–H groups in total. The summed E-state index contributed by atoms with van der Waals surface area (Å²) in [4.78, 5) is 1.23. The second kappa shape index (κ2) is 6.57. The van der Waals surface area contributed by atoms with Gasteiger partial charge in [0.15, 0.2) is 0 Å². The third kappa shape index (κ3) is 4.69. The minimum Gasteiger partial charge on any atom is -0.299 e. The van der Waals surface area contributed by atoms with E-state index in [0.29, 0.717) is 6.04 Å². The summed E-state index contributed by atoms with van der Waals surface area (Å²) in [5.41, 5.74) is 1.26. The summed E-state index contributed by atoms with van der Waals surface area (Å²) in [7, 11) is 0. The van der Waals surface area contributed by atoms with Gasteiger partial charge >= 0.3 is 0 Å². The lowest BCUT2D eigenvalue weighted by Crippen LogP contribution is -2.35. The lowest BCUT2D eigenvalue weighted by Gasteiger charge is -2.14. The van der Waals surface area contributed by atoms with Gasteiger partial charge in [-0.05, 0) is 32.9 Å². The number of nitriles is 1. The first kappa shape index (κ1) is 13.1. The zero-order valence-corrected chi connectivity index (χ0v) is 10.8. The number of rotatable bonds is 5. The van der Waals surface area contributed by atoms with Gasteiger partial charge < -0.3 is 0 Å². The first-order chi connectivity index (χ1) is 7.61. The molecular weight excluding hydrogens is 216 g/mol. The van der Waals surface area contributed by atoms with Crippen LogP contribution in [-0.4, -0.2) is 17.8 Å². The van der Waals surface area contributed by atoms with Crippen molar-refractivity contribution >= 4 is 11.8 Å². The average Bonchev–Trinajstić information content (AvgIpc) is 2.24. The highest BCUT2D eigenvalue weighted by molar-refractivity contribution is 7.99. The second-order valence-electron chi connectivity index (χ2n) is 4.13. The maximum Gasteiger partial charge on any atom is 0.105 e. The molecule has 1 rings (SSSR count). The van der Waals surface area contributed by atoms with Crippen molar-refractivity contribution in [2.45, 2.75) is 37.8 Å². The third-order valence-corrected chi connectivity index (χ3v) is 3.18. The van der Waals surface area contributed by atoms with Crippen LogP contribution in [0.2, 0.25) is 0 Å². The molecule has 0 aliphatic rings. The van der Waals surface area contributed by atoms with Crippen molar-refractivity contribution in [2.24, 2.45) is 0 Å². The predicted octanol–water partition coefficient (Wildman–Crippen LogP) is 2.98. The Bertz CT molecular complexity index is 368. The molecule has 0 aliphatic heterocycles. The number of nitrogens with zero attached hydrogens (tertiary/aromatic N) is 1. The van der Waals surface area contributed by atoms with Crippen molar-refractivity contribution in [3.05, 3.63) is 29.8 Å². The quantitative estimate of drug-likeness (QED) is 0.796. The Hall–Kier alpha value is -0.980. The molecule has 1 aromatic rings. The van der Waals surface area contributed by atoms with Gasteiger partial charge in [0.1, 0.15) is 6.04 Å². The fraction of sp³-hybridized carbons (Fsp3) is 0.462. The summed E-state index contributed by atoms with van der Waals surface area (Å²) in [6.45, 7) is 6.20. The number of benzene rings is 1. The van der Waals surface area contributed by atoms with Crippen LogP contribution in [0, 0.1) is 18.3 Å². The summed E-state index contributed by atoms with van der Waals surface area (Å²) in [6.07, 6.45) is 0. The van der Waals surface area contributed by atoms with Crippen LogP contribution in [0.4, 0.5) is 0 Å². The molecule has 0 radical (unpaired) electrons. The number of hydrogen-bond donors (Lipinski definition) is 1. The van der Waals surface area contributed by atoms with Gasteiger partial charge in [-0.2, -0.15) is 5.26 Å². The summed E-state index contributed by atoms with van der Waals surface area (Å²) >= 11 is 1.72. The SMILES string of the molecule is Cc1cccc(SCC(C#N)NC(C)C)c1. The molecule has 0 spiro atoms. The Morgan fingerprint density at radius 3 is 2.75 bits per heavy atom. The normalized spacial score (nSPS) is 12.4. The van der Waals surface area contributed by atoms with Crippen LogP contribution in [0.15, 0.2) is 29.2 Å². The largest absolute Gasteiger partial charge is 0.299 e. The van der Waals surface area contributed by atoms with E-state index in [4.69, 9.17) is 5.26 Å². The molecule has 0 aliphatic carbocycles. The van der Waals surface area contributed by atoms with Crippen molar-refractivity contribution in [1.29, 1.82) is 5.26 Å². The van der Waals surface area contributed by atoms with E-state index >= 15 is 0 Å². The summed E-state index contributed by atoms with van der Waals surface area (Å²) < 4.78 is 0. The lowest BCUT2D eigenvalue weighted by molar-refractivity contribution is 0.560. The molecule has 16 heavy (non-hydrogen) atoms. The molecule has 1 aromatic carbocycles. The van der Waals surface area contributed by atoms with Crippen LogP contribution in [0.25, 0.3) is 0 Å². The first-order valence-corrected chi connectivity index (χ1v) is 6.45. The molecular formula is C13H18N2S. The van der Waals surface area contributed by atoms with Crippen molar-refractivity contribution in [3.8, 4) is 6.07 Å². The van der Waals surface area contributed by atoms with E-state index < -0.39 is 0 Å². The van der Waals surface area contributed by atoms with Crippen LogP contribution in [-0.2, 0) is 0 Å². The van der Waals surface area contributed by atoms with Crippen LogP contribution in [0.5, 0.6) is 0 Å². The van der Waals surface area contributed by atoms with Crippen LogP contribution < -0.4 is 5.32 Å². The minimum absolute atomic E-state index is 0.0782. The Balaban J connectivity index is 2.47. The number of aryl methyl sites for hydroxylation is 1. The van der Waals surface area contributed by atoms with Crippen LogP contribution >= 0.6 is 11.8 Å². The Morgan fingerprint density at radius 1 is 1.44 bits per heavy atom. The van der Waals surface area contributed by atoms with Crippen LogP contribution in [0.1, 0.15) is 19.4 Å². The summed E-state index contributed by atoms with van der Waals surface area (Å²) in [6, 6.07) is 10.9. The van der Waals surface area contributed by atoms with E-state index in [0.717, 1.165) is 5.75 Å². The molecule has 0 saturated carbocycles. The smallest absolute Gasteiger partial charge is 0.105 e. The van der Waals surface area contributed by atoms with E-state index in [1.807, 2.05) is 0 Å². The maximum absolute atomic E-state index is 8.98. The monoisotopic (exact) mass is 234 g/mol. The molecule has 0 bridgehead atoms.